The van der Waals surface area contributed by atoms with E-state index in [0.29, 0.717) is 0 Å². The molecule has 11 heavy (non-hydrogen) atoms. The Labute approximate surface area is 66.9 Å². The van der Waals surface area contributed by atoms with Crippen molar-refractivity contribution in [1.29, 1.82) is 0 Å². The van der Waals surface area contributed by atoms with E-state index in [1.165, 1.54) is 6.42 Å². The van der Waals surface area contributed by atoms with E-state index in [0.717, 1.165) is 25.7 Å². The van der Waals surface area contributed by atoms with E-state index >= 15 is 0 Å². The van der Waals surface area contributed by atoms with Gasteiger partial charge in [0.15, 0.2) is 0 Å². The molecule has 0 N–H and O–H groups in total. The molecule has 2 aliphatic carbocycles. The molecule has 0 aliphatic heterocycles. The van der Waals surface area contributed by atoms with Gasteiger partial charge in [-0.2, -0.15) is 0 Å². The van der Waals surface area contributed by atoms with E-state index in [1.54, 1.807) is 0 Å². The van der Waals surface area contributed by atoms with E-state index in [9.17, 15) is 4.79 Å². The van der Waals surface area contributed by atoms with Crippen molar-refractivity contribution >= 4 is 5.97 Å². The molecule has 0 spiro atoms. The molecule has 0 heterocycles. The molecule has 0 aromatic rings. The fraction of sp³-hybridized carbons (Fsp3) is 0.889. The van der Waals surface area contributed by atoms with E-state index in [2.05, 4.69) is 0 Å². The van der Waals surface area contributed by atoms with Gasteiger partial charge in [-0.1, -0.05) is 6.42 Å². The van der Waals surface area contributed by atoms with Crippen LogP contribution in [0.1, 0.15) is 39.0 Å². The van der Waals surface area contributed by atoms with Crippen molar-refractivity contribution in [3.8, 4) is 0 Å². The summed E-state index contributed by atoms with van der Waals surface area (Å²) < 4.78 is 5.23. The molecule has 0 bridgehead atoms. The summed E-state index contributed by atoms with van der Waals surface area (Å²) in [5.41, 5.74) is -0.109. The van der Waals surface area contributed by atoms with Gasteiger partial charge in [0, 0.05) is 0 Å². The molecule has 2 saturated carbocycles. The van der Waals surface area contributed by atoms with Crippen molar-refractivity contribution in [1.82, 2.24) is 0 Å². The molecule has 0 aromatic carbocycles. The summed E-state index contributed by atoms with van der Waals surface area (Å²) in [6, 6.07) is 0. The molecule has 0 unspecified atom stereocenters. The summed E-state index contributed by atoms with van der Waals surface area (Å²) in [5, 5.41) is 0. The average Bonchev–Trinajstić information content (AvgIpc) is 2.66. The summed E-state index contributed by atoms with van der Waals surface area (Å²) in [4.78, 5) is 11.4. The van der Waals surface area contributed by atoms with Crippen LogP contribution >= 0.6 is 0 Å². The van der Waals surface area contributed by atoms with Gasteiger partial charge in [-0.05, 0) is 32.6 Å². The first-order chi connectivity index (χ1) is 5.21. The van der Waals surface area contributed by atoms with Gasteiger partial charge in [-0.15, -0.1) is 0 Å². The molecular weight excluding hydrogens is 140 g/mol. The van der Waals surface area contributed by atoms with Crippen LogP contribution in [0.3, 0.4) is 0 Å². The Morgan fingerprint density at radius 3 is 2.45 bits per heavy atom. The zero-order valence-electron chi connectivity index (χ0n) is 6.93. The highest BCUT2D eigenvalue weighted by Crippen LogP contribution is 2.42. The number of hydrogen-bond donors (Lipinski definition) is 0. The molecule has 0 atom stereocenters. The van der Waals surface area contributed by atoms with Crippen molar-refractivity contribution in [2.24, 2.45) is 5.41 Å². The second-order valence-electron chi connectivity index (χ2n) is 4.02. The molecule has 0 radical (unpaired) electrons. The maximum absolute atomic E-state index is 11.4. The Hall–Kier alpha value is -0.530. The van der Waals surface area contributed by atoms with Gasteiger partial charge in [0.1, 0.15) is 6.10 Å². The number of hydrogen-bond acceptors (Lipinski definition) is 2. The van der Waals surface area contributed by atoms with Crippen molar-refractivity contribution < 1.29 is 9.53 Å². The second kappa shape index (κ2) is 2.23. The minimum atomic E-state index is -0.109. The van der Waals surface area contributed by atoms with Crippen LogP contribution in [0.25, 0.3) is 0 Å². The monoisotopic (exact) mass is 154 g/mol. The van der Waals surface area contributed by atoms with Gasteiger partial charge >= 0.3 is 5.97 Å². The quantitative estimate of drug-likeness (QED) is 0.568. The SMILES string of the molecule is CC1(C(=O)OC2CC2)CCC1. The fourth-order valence-corrected chi connectivity index (χ4v) is 1.39. The summed E-state index contributed by atoms with van der Waals surface area (Å²) >= 11 is 0. The lowest BCUT2D eigenvalue weighted by atomic mass is 9.70. The van der Waals surface area contributed by atoms with Gasteiger partial charge in [-0.25, -0.2) is 0 Å². The smallest absolute Gasteiger partial charge is 0.312 e. The second-order valence-corrected chi connectivity index (χ2v) is 4.02. The lowest BCUT2D eigenvalue weighted by molar-refractivity contribution is -0.161. The maximum atomic E-state index is 11.4. The number of ether oxygens (including phenoxy) is 1. The van der Waals surface area contributed by atoms with Crippen LogP contribution < -0.4 is 0 Å². The van der Waals surface area contributed by atoms with Crippen LogP contribution in [0.5, 0.6) is 0 Å². The number of carbonyl (C=O) groups is 1. The molecule has 0 saturated heterocycles. The number of esters is 1. The van der Waals surface area contributed by atoms with Crippen LogP contribution in [0.15, 0.2) is 0 Å². The number of rotatable bonds is 2. The number of carbonyl (C=O) groups excluding carboxylic acids is 1. The van der Waals surface area contributed by atoms with Gasteiger partial charge in [-0.3, -0.25) is 4.79 Å². The largest absolute Gasteiger partial charge is 0.462 e. The highest BCUT2D eigenvalue weighted by Gasteiger charge is 2.42. The average molecular weight is 154 g/mol. The van der Waals surface area contributed by atoms with Crippen molar-refractivity contribution in [3.63, 3.8) is 0 Å². The first-order valence-electron chi connectivity index (χ1n) is 4.42. The lowest BCUT2D eigenvalue weighted by Crippen LogP contribution is -2.36. The Balaban J connectivity index is 1.86. The van der Waals surface area contributed by atoms with Crippen molar-refractivity contribution in [2.45, 2.75) is 45.1 Å². The first kappa shape index (κ1) is 7.14. The molecule has 2 aliphatic rings. The zero-order valence-corrected chi connectivity index (χ0v) is 6.93. The topological polar surface area (TPSA) is 26.3 Å². The summed E-state index contributed by atoms with van der Waals surface area (Å²) in [6.45, 7) is 2.02. The first-order valence-corrected chi connectivity index (χ1v) is 4.42. The van der Waals surface area contributed by atoms with Gasteiger partial charge in [0.05, 0.1) is 5.41 Å². The molecule has 2 rings (SSSR count). The maximum Gasteiger partial charge on any atom is 0.312 e. The summed E-state index contributed by atoms with van der Waals surface area (Å²) in [7, 11) is 0. The van der Waals surface area contributed by atoms with Crippen molar-refractivity contribution in [3.05, 3.63) is 0 Å². The predicted octanol–water partition coefficient (Wildman–Crippen LogP) is 1.88. The van der Waals surface area contributed by atoms with Crippen LogP contribution in [0, 0.1) is 5.41 Å². The fourth-order valence-electron chi connectivity index (χ4n) is 1.39. The molecule has 2 heteroatoms. The third-order valence-electron chi connectivity index (χ3n) is 2.75. The van der Waals surface area contributed by atoms with Gasteiger partial charge < -0.3 is 4.74 Å². The molecule has 2 nitrogen and oxygen atoms in total. The minimum Gasteiger partial charge on any atom is -0.462 e. The normalized spacial score (nSPS) is 27.4. The Kier molecular flexibility index (Phi) is 1.44. The standard InChI is InChI=1S/C9H14O2/c1-9(5-2-6-9)8(10)11-7-3-4-7/h7H,2-6H2,1H3. The summed E-state index contributed by atoms with van der Waals surface area (Å²) in [6.07, 6.45) is 5.69. The highest BCUT2D eigenvalue weighted by molar-refractivity contribution is 5.77. The van der Waals surface area contributed by atoms with E-state index < -0.39 is 0 Å². The third kappa shape index (κ3) is 1.26. The molecule has 0 aromatic heterocycles. The van der Waals surface area contributed by atoms with Gasteiger partial charge in [0.2, 0.25) is 0 Å². The molecule has 2 fully saturated rings. The van der Waals surface area contributed by atoms with E-state index in [-0.39, 0.29) is 17.5 Å². The Morgan fingerprint density at radius 2 is 2.09 bits per heavy atom. The molecule has 0 amide bonds. The van der Waals surface area contributed by atoms with E-state index in [4.69, 9.17) is 4.74 Å². The Bertz CT molecular complexity index is 178. The van der Waals surface area contributed by atoms with Crippen LogP contribution in [0.2, 0.25) is 0 Å². The summed E-state index contributed by atoms with van der Waals surface area (Å²) in [5.74, 6) is 0.0475. The van der Waals surface area contributed by atoms with Gasteiger partial charge in [0.25, 0.3) is 0 Å². The van der Waals surface area contributed by atoms with Crippen LogP contribution in [-0.4, -0.2) is 12.1 Å². The highest BCUT2D eigenvalue weighted by atomic mass is 16.5. The minimum absolute atomic E-state index is 0.0475. The predicted molar refractivity (Wildman–Crippen MR) is 41.1 cm³/mol. The molecule has 62 valence electrons. The van der Waals surface area contributed by atoms with Crippen LogP contribution in [-0.2, 0) is 9.53 Å². The van der Waals surface area contributed by atoms with E-state index in [1.807, 2.05) is 6.92 Å². The molecular formula is C9H14O2. The zero-order chi connectivity index (χ0) is 7.90. The third-order valence-corrected chi connectivity index (χ3v) is 2.75. The lowest BCUT2D eigenvalue weighted by Gasteiger charge is -2.35. The van der Waals surface area contributed by atoms with Crippen molar-refractivity contribution in [2.75, 3.05) is 0 Å². The Morgan fingerprint density at radius 1 is 1.45 bits per heavy atom. The van der Waals surface area contributed by atoms with Crippen LogP contribution in [0.4, 0.5) is 0 Å².